The number of anilines is 1. The summed E-state index contributed by atoms with van der Waals surface area (Å²) in [6.45, 7) is 0.442. The fourth-order valence-electron chi connectivity index (χ4n) is 2.39. The van der Waals surface area contributed by atoms with Crippen LogP contribution in [0.25, 0.3) is 0 Å². The van der Waals surface area contributed by atoms with Crippen LogP contribution in [0.4, 0.5) is 5.69 Å². The first-order chi connectivity index (χ1) is 10.7. The minimum atomic E-state index is -0.179. The van der Waals surface area contributed by atoms with Gasteiger partial charge < -0.3 is 9.64 Å². The van der Waals surface area contributed by atoms with E-state index in [2.05, 4.69) is 0 Å². The van der Waals surface area contributed by atoms with Gasteiger partial charge in [0.1, 0.15) is 5.75 Å². The molecular formula is C17H14ClNO3. The Bertz CT molecular complexity index is 715. The Hall–Kier alpha value is -2.33. The SMILES string of the molecule is O=C(CCl)c1ccc2c(c1)N(Cc1ccccc1)C(=O)CO2. The molecule has 1 amide bonds. The van der Waals surface area contributed by atoms with Crippen molar-refractivity contribution in [2.45, 2.75) is 6.54 Å². The van der Waals surface area contributed by atoms with Crippen LogP contribution in [0.2, 0.25) is 0 Å². The first kappa shape index (κ1) is 14.6. The lowest BCUT2D eigenvalue weighted by Crippen LogP contribution is -2.38. The Morgan fingerprint density at radius 2 is 1.95 bits per heavy atom. The molecule has 1 heterocycles. The van der Waals surface area contributed by atoms with Gasteiger partial charge in [-0.25, -0.2) is 0 Å². The number of carbonyl (C=O) groups excluding carboxylic acids is 2. The minimum absolute atomic E-state index is 0.00261. The molecule has 0 radical (unpaired) electrons. The largest absolute Gasteiger partial charge is 0.482 e. The van der Waals surface area contributed by atoms with E-state index in [0.29, 0.717) is 23.5 Å². The quantitative estimate of drug-likeness (QED) is 0.643. The molecule has 1 aliphatic rings. The fourth-order valence-corrected chi connectivity index (χ4v) is 2.55. The standard InChI is InChI=1S/C17H14ClNO3/c18-9-15(20)13-6-7-16-14(8-13)19(17(21)11-22-16)10-12-4-2-1-3-5-12/h1-8H,9-11H2. The zero-order valence-corrected chi connectivity index (χ0v) is 12.5. The van der Waals surface area contributed by atoms with Crippen LogP contribution in [-0.4, -0.2) is 24.2 Å². The Balaban J connectivity index is 1.98. The smallest absolute Gasteiger partial charge is 0.265 e. The summed E-state index contributed by atoms with van der Waals surface area (Å²) in [4.78, 5) is 25.6. The van der Waals surface area contributed by atoms with Crippen molar-refractivity contribution in [1.29, 1.82) is 0 Å². The van der Waals surface area contributed by atoms with E-state index in [9.17, 15) is 9.59 Å². The van der Waals surface area contributed by atoms with Crippen molar-refractivity contribution in [3.8, 4) is 5.75 Å². The molecule has 22 heavy (non-hydrogen) atoms. The Kier molecular flexibility index (Phi) is 4.11. The molecular weight excluding hydrogens is 302 g/mol. The van der Waals surface area contributed by atoms with Crippen molar-refractivity contribution in [2.75, 3.05) is 17.4 Å². The Labute approximate surface area is 133 Å². The van der Waals surface area contributed by atoms with Crippen LogP contribution in [0.1, 0.15) is 15.9 Å². The highest BCUT2D eigenvalue weighted by atomic mass is 35.5. The summed E-state index contributed by atoms with van der Waals surface area (Å²) in [5, 5.41) is 0. The molecule has 0 bridgehead atoms. The van der Waals surface area contributed by atoms with E-state index < -0.39 is 0 Å². The van der Waals surface area contributed by atoms with Gasteiger partial charge in [0.05, 0.1) is 18.1 Å². The van der Waals surface area contributed by atoms with Gasteiger partial charge in [0.2, 0.25) is 0 Å². The number of halogens is 1. The van der Waals surface area contributed by atoms with Gasteiger partial charge in [0.15, 0.2) is 12.4 Å². The van der Waals surface area contributed by atoms with Gasteiger partial charge in [0, 0.05) is 5.56 Å². The number of hydrogen-bond donors (Lipinski definition) is 0. The normalized spacial score (nSPS) is 13.5. The molecule has 2 aromatic rings. The first-order valence-corrected chi connectivity index (χ1v) is 7.43. The molecule has 0 aromatic heterocycles. The van der Waals surface area contributed by atoms with E-state index in [1.165, 1.54) is 0 Å². The number of carbonyl (C=O) groups is 2. The monoisotopic (exact) mass is 315 g/mol. The van der Waals surface area contributed by atoms with Gasteiger partial charge in [-0.2, -0.15) is 0 Å². The topological polar surface area (TPSA) is 46.6 Å². The van der Waals surface area contributed by atoms with Crippen LogP contribution in [0.15, 0.2) is 48.5 Å². The van der Waals surface area contributed by atoms with Crippen LogP contribution in [0.5, 0.6) is 5.75 Å². The average molecular weight is 316 g/mol. The molecule has 1 aliphatic heterocycles. The summed E-state index contributed by atoms with van der Waals surface area (Å²) in [6, 6.07) is 14.7. The van der Waals surface area contributed by atoms with E-state index in [0.717, 1.165) is 5.56 Å². The maximum Gasteiger partial charge on any atom is 0.265 e. The first-order valence-electron chi connectivity index (χ1n) is 6.89. The number of ether oxygens (including phenoxy) is 1. The van der Waals surface area contributed by atoms with Gasteiger partial charge in [-0.15, -0.1) is 11.6 Å². The number of amides is 1. The van der Waals surface area contributed by atoms with Crippen molar-refractivity contribution < 1.29 is 14.3 Å². The molecule has 0 fully saturated rings. The minimum Gasteiger partial charge on any atom is -0.482 e. The predicted molar refractivity (Wildman–Crippen MR) is 84.6 cm³/mol. The second kappa shape index (κ2) is 6.20. The predicted octanol–water partition coefficient (Wildman–Crippen LogP) is 3.03. The third-order valence-corrected chi connectivity index (χ3v) is 3.77. The van der Waals surface area contributed by atoms with Gasteiger partial charge >= 0.3 is 0 Å². The number of alkyl halides is 1. The molecule has 112 valence electrons. The molecule has 0 spiro atoms. The van der Waals surface area contributed by atoms with Crippen LogP contribution in [0.3, 0.4) is 0 Å². The molecule has 5 heteroatoms. The van der Waals surface area contributed by atoms with E-state index in [1.54, 1.807) is 23.1 Å². The molecule has 0 saturated carbocycles. The number of rotatable bonds is 4. The molecule has 0 N–H and O–H groups in total. The molecule has 0 aliphatic carbocycles. The molecule has 0 unspecified atom stereocenters. The highest BCUT2D eigenvalue weighted by Crippen LogP contribution is 2.34. The van der Waals surface area contributed by atoms with Crippen molar-refractivity contribution in [3.63, 3.8) is 0 Å². The van der Waals surface area contributed by atoms with Crippen LogP contribution in [-0.2, 0) is 11.3 Å². The lowest BCUT2D eigenvalue weighted by molar-refractivity contribution is -0.121. The van der Waals surface area contributed by atoms with Crippen molar-refractivity contribution in [3.05, 3.63) is 59.7 Å². The molecule has 0 atom stereocenters. The zero-order chi connectivity index (χ0) is 15.5. The molecule has 4 nitrogen and oxygen atoms in total. The van der Waals surface area contributed by atoms with Gasteiger partial charge in [-0.1, -0.05) is 30.3 Å². The van der Waals surface area contributed by atoms with Crippen LogP contribution in [0, 0.1) is 0 Å². The zero-order valence-electron chi connectivity index (χ0n) is 11.8. The third-order valence-electron chi connectivity index (χ3n) is 3.53. The second-order valence-corrected chi connectivity index (χ2v) is 5.26. The molecule has 2 aromatic carbocycles. The summed E-state index contributed by atoms with van der Waals surface area (Å²) in [7, 11) is 0. The summed E-state index contributed by atoms with van der Waals surface area (Å²) < 4.78 is 5.44. The third kappa shape index (κ3) is 2.83. The Morgan fingerprint density at radius 3 is 2.68 bits per heavy atom. The van der Waals surface area contributed by atoms with E-state index >= 15 is 0 Å². The lowest BCUT2D eigenvalue weighted by atomic mass is 10.1. The summed E-state index contributed by atoms with van der Waals surface area (Å²) in [5.41, 5.74) is 2.10. The van der Waals surface area contributed by atoms with Gasteiger partial charge in [0.25, 0.3) is 5.91 Å². The number of hydrogen-bond acceptors (Lipinski definition) is 3. The highest BCUT2D eigenvalue weighted by Gasteiger charge is 2.26. The molecule has 0 saturated heterocycles. The van der Waals surface area contributed by atoms with Gasteiger partial charge in [-0.05, 0) is 23.8 Å². The molecule has 3 rings (SSSR count). The Morgan fingerprint density at radius 1 is 1.18 bits per heavy atom. The summed E-state index contributed by atoms with van der Waals surface area (Å²) in [5.74, 6) is 0.197. The van der Waals surface area contributed by atoms with E-state index in [4.69, 9.17) is 16.3 Å². The van der Waals surface area contributed by atoms with Crippen molar-refractivity contribution >= 4 is 29.0 Å². The van der Waals surface area contributed by atoms with Crippen molar-refractivity contribution in [2.24, 2.45) is 0 Å². The number of benzene rings is 2. The second-order valence-electron chi connectivity index (χ2n) is 4.99. The van der Waals surface area contributed by atoms with Crippen LogP contribution >= 0.6 is 11.6 Å². The van der Waals surface area contributed by atoms with E-state index in [1.807, 2.05) is 30.3 Å². The summed E-state index contributed by atoms with van der Waals surface area (Å²) in [6.07, 6.45) is 0. The van der Waals surface area contributed by atoms with Crippen molar-refractivity contribution in [1.82, 2.24) is 0 Å². The maximum absolute atomic E-state index is 12.2. The number of fused-ring (bicyclic) bond motifs is 1. The van der Waals surface area contributed by atoms with E-state index in [-0.39, 0.29) is 24.2 Å². The van der Waals surface area contributed by atoms with Crippen LogP contribution < -0.4 is 9.64 Å². The number of nitrogens with zero attached hydrogens (tertiary/aromatic N) is 1. The summed E-state index contributed by atoms with van der Waals surface area (Å²) >= 11 is 5.60. The highest BCUT2D eigenvalue weighted by molar-refractivity contribution is 6.30. The number of ketones is 1. The fraction of sp³-hybridized carbons (Fsp3) is 0.176. The number of Topliss-reactive ketones (excluding diaryl/α,β-unsaturated/α-hetero) is 1. The lowest BCUT2D eigenvalue weighted by Gasteiger charge is -2.29. The average Bonchev–Trinajstić information content (AvgIpc) is 2.57. The maximum atomic E-state index is 12.2. The van der Waals surface area contributed by atoms with Gasteiger partial charge in [-0.3, -0.25) is 9.59 Å².